The highest BCUT2D eigenvalue weighted by Gasteiger charge is 2.26. The Morgan fingerprint density at radius 2 is 1.86 bits per heavy atom. The molecule has 2 aromatic carbocycles. The molecule has 0 spiro atoms. The molecule has 28 heavy (non-hydrogen) atoms. The van der Waals surface area contributed by atoms with E-state index in [9.17, 15) is 9.59 Å². The van der Waals surface area contributed by atoms with Crippen molar-refractivity contribution in [2.75, 3.05) is 16.8 Å². The SMILES string of the molecule is Cc1ccc(C)c(NC(=O)c2ccnc(C(=O)N3CCc4ccccc43)c2)c1. The number of carbonyl (C=O) groups is 2. The molecule has 0 saturated carbocycles. The second-order valence-corrected chi connectivity index (χ2v) is 7.04. The van der Waals surface area contributed by atoms with Crippen LogP contribution in [0.2, 0.25) is 0 Å². The number of hydrogen-bond donors (Lipinski definition) is 1. The number of nitrogens with zero attached hydrogens (tertiary/aromatic N) is 2. The Bertz CT molecular complexity index is 1070. The van der Waals surface area contributed by atoms with Crippen LogP contribution in [0.15, 0.2) is 60.8 Å². The summed E-state index contributed by atoms with van der Waals surface area (Å²) in [7, 11) is 0. The van der Waals surface area contributed by atoms with Crippen LogP contribution >= 0.6 is 0 Å². The van der Waals surface area contributed by atoms with Crippen molar-refractivity contribution in [2.24, 2.45) is 0 Å². The van der Waals surface area contributed by atoms with Gasteiger partial charge in [0.2, 0.25) is 0 Å². The van der Waals surface area contributed by atoms with Gasteiger partial charge in [-0.05, 0) is 61.2 Å². The lowest BCUT2D eigenvalue weighted by atomic mass is 10.1. The minimum absolute atomic E-state index is 0.189. The molecule has 2 amide bonds. The van der Waals surface area contributed by atoms with Crippen LogP contribution in [0.4, 0.5) is 11.4 Å². The number of anilines is 2. The average molecular weight is 371 g/mol. The van der Waals surface area contributed by atoms with Gasteiger partial charge in [-0.25, -0.2) is 0 Å². The molecule has 4 rings (SSSR count). The topological polar surface area (TPSA) is 62.3 Å². The molecule has 0 unspecified atom stereocenters. The van der Waals surface area contributed by atoms with Crippen LogP contribution in [0.3, 0.4) is 0 Å². The first kappa shape index (κ1) is 17.9. The Morgan fingerprint density at radius 3 is 2.71 bits per heavy atom. The summed E-state index contributed by atoms with van der Waals surface area (Å²) in [6.07, 6.45) is 2.34. The van der Waals surface area contributed by atoms with Crippen molar-refractivity contribution in [3.8, 4) is 0 Å². The molecule has 0 radical (unpaired) electrons. The Balaban J connectivity index is 1.57. The summed E-state index contributed by atoms with van der Waals surface area (Å²) in [6, 6.07) is 17.0. The van der Waals surface area contributed by atoms with E-state index in [0.717, 1.165) is 34.5 Å². The van der Waals surface area contributed by atoms with Gasteiger partial charge >= 0.3 is 0 Å². The summed E-state index contributed by atoms with van der Waals surface area (Å²) in [5.74, 6) is -0.446. The molecule has 1 aliphatic rings. The molecule has 3 aromatic rings. The van der Waals surface area contributed by atoms with E-state index in [4.69, 9.17) is 0 Å². The van der Waals surface area contributed by atoms with E-state index in [0.29, 0.717) is 12.1 Å². The molecule has 0 saturated heterocycles. The van der Waals surface area contributed by atoms with Gasteiger partial charge in [-0.3, -0.25) is 14.6 Å². The second kappa shape index (κ2) is 7.27. The van der Waals surface area contributed by atoms with Crippen LogP contribution in [-0.4, -0.2) is 23.3 Å². The largest absolute Gasteiger partial charge is 0.322 e. The number of pyridine rings is 1. The first-order valence-electron chi connectivity index (χ1n) is 9.27. The van der Waals surface area contributed by atoms with Gasteiger partial charge in [0.25, 0.3) is 11.8 Å². The third-order valence-corrected chi connectivity index (χ3v) is 5.01. The predicted octanol–water partition coefficient (Wildman–Crippen LogP) is 4.15. The summed E-state index contributed by atoms with van der Waals surface area (Å²) >= 11 is 0. The molecule has 0 aliphatic carbocycles. The third-order valence-electron chi connectivity index (χ3n) is 5.01. The number of amides is 2. The van der Waals surface area contributed by atoms with Crippen molar-refractivity contribution < 1.29 is 9.59 Å². The first-order chi connectivity index (χ1) is 13.5. The lowest BCUT2D eigenvalue weighted by Gasteiger charge is -2.17. The highest BCUT2D eigenvalue weighted by atomic mass is 16.2. The number of aromatic nitrogens is 1. The molecule has 5 heteroatoms. The first-order valence-corrected chi connectivity index (χ1v) is 9.27. The van der Waals surface area contributed by atoms with E-state index in [1.54, 1.807) is 17.0 Å². The standard InChI is InChI=1S/C23H21N3O2/c1-15-7-8-16(2)19(13-15)25-22(27)18-9-11-24-20(14-18)23(28)26-12-10-17-5-3-4-6-21(17)26/h3-9,11,13-14H,10,12H2,1-2H3,(H,25,27). The zero-order valence-electron chi connectivity index (χ0n) is 15.9. The lowest BCUT2D eigenvalue weighted by molar-refractivity contribution is 0.0984. The summed E-state index contributed by atoms with van der Waals surface area (Å²) in [5, 5.41) is 2.93. The monoisotopic (exact) mass is 371 g/mol. The van der Waals surface area contributed by atoms with Crippen molar-refractivity contribution in [2.45, 2.75) is 20.3 Å². The number of benzene rings is 2. The molecule has 0 atom stereocenters. The molecule has 1 aliphatic heterocycles. The summed E-state index contributed by atoms with van der Waals surface area (Å²) in [4.78, 5) is 31.6. The van der Waals surface area contributed by atoms with Gasteiger partial charge in [0.05, 0.1) is 0 Å². The molecule has 140 valence electrons. The number of rotatable bonds is 3. The fourth-order valence-electron chi connectivity index (χ4n) is 3.44. The summed E-state index contributed by atoms with van der Waals surface area (Å²) < 4.78 is 0. The van der Waals surface area contributed by atoms with Crippen LogP contribution in [0.25, 0.3) is 0 Å². The van der Waals surface area contributed by atoms with E-state index >= 15 is 0 Å². The lowest BCUT2D eigenvalue weighted by Crippen LogP contribution is -2.30. The summed E-state index contributed by atoms with van der Waals surface area (Å²) in [6.45, 7) is 4.55. The zero-order valence-corrected chi connectivity index (χ0v) is 15.9. The van der Waals surface area contributed by atoms with Crippen molar-refractivity contribution in [3.63, 3.8) is 0 Å². The number of hydrogen-bond acceptors (Lipinski definition) is 3. The highest BCUT2D eigenvalue weighted by molar-refractivity contribution is 6.09. The Labute approximate surface area is 164 Å². The average Bonchev–Trinajstić information content (AvgIpc) is 3.14. The molecular formula is C23H21N3O2. The van der Waals surface area contributed by atoms with Gasteiger partial charge < -0.3 is 10.2 Å². The van der Waals surface area contributed by atoms with E-state index < -0.39 is 0 Å². The Morgan fingerprint density at radius 1 is 1.04 bits per heavy atom. The van der Waals surface area contributed by atoms with Gasteiger partial charge in [-0.15, -0.1) is 0 Å². The number of aryl methyl sites for hydroxylation is 2. The zero-order chi connectivity index (χ0) is 19.7. The molecule has 1 aromatic heterocycles. The van der Waals surface area contributed by atoms with E-state index in [2.05, 4.69) is 10.3 Å². The quantitative estimate of drug-likeness (QED) is 0.752. The van der Waals surface area contributed by atoms with Crippen molar-refractivity contribution in [1.82, 2.24) is 4.98 Å². The van der Waals surface area contributed by atoms with Crippen LogP contribution < -0.4 is 10.2 Å². The fourth-order valence-corrected chi connectivity index (χ4v) is 3.44. The smallest absolute Gasteiger partial charge is 0.276 e. The number of fused-ring (bicyclic) bond motifs is 1. The van der Waals surface area contributed by atoms with Crippen LogP contribution in [0.1, 0.15) is 37.5 Å². The number of carbonyl (C=O) groups excluding carboxylic acids is 2. The molecule has 0 fully saturated rings. The van der Waals surface area contributed by atoms with Crippen molar-refractivity contribution in [1.29, 1.82) is 0 Å². The Hall–Kier alpha value is -3.47. The number of para-hydroxylation sites is 1. The van der Waals surface area contributed by atoms with Crippen LogP contribution in [-0.2, 0) is 6.42 Å². The predicted molar refractivity (Wildman–Crippen MR) is 110 cm³/mol. The van der Waals surface area contributed by atoms with E-state index in [1.807, 2.05) is 56.3 Å². The third kappa shape index (κ3) is 3.39. The molecule has 1 N–H and O–H groups in total. The van der Waals surface area contributed by atoms with E-state index in [1.165, 1.54) is 6.20 Å². The second-order valence-electron chi connectivity index (χ2n) is 7.04. The number of nitrogens with one attached hydrogen (secondary N) is 1. The van der Waals surface area contributed by atoms with Gasteiger partial charge in [0, 0.05) is 29.7 Å². The van der Waals surface area contributed by atoms with Crippen molar-refractivity contribution >= 4 is 23.2 Å². The van der Waals surface area contributed by atoms with Gasteiger partial charge in [0.1, 0.15) is 5.69 Å². The molecule has 0 bridgehead atoms. The molecule has 5 nitrogen and oxygen atoms in total. The van der Waals surface area contributed by atoms with Crippen molar-refractivity contribution in [3.05, 3.63) is 88.7 Å². The normalized spacial score (nSPS) is 12.6. The van der Waals surface area contributed by atoms with Gasteiger partial charge in [-0.2, -0.15) is 0 Å². The maximum absolute atomic E-state index is 13.0. The maximum Gasteiger partial charge on any atom is 0.276 e. The molecular weight excluding hydrogens is 350 g/mol. The Kier molecular flexibility index (Phi) is 4.65. The van der Waals surface area contributed by atoms with Crippen LogP contribution in [0, 0.1) is 13.8 Å². The maximum atomic E-state index is 13.0. The van der Waals surface area contributed by atoms with Gasteiger partial charge in [0.15, 0.2) is 0 Å². The van der Waals surface area contributed by atoms with Gasteiger partial charge in [-0.1, -0.05) is 30.3 Å². The minimum Gasteiger partial charge on any atom is -0.322 e. The summed E-state index contributed by atoms with van der Waals surface area (Å²) in [5.41, 5.74) is 5.57. The fraction of sp³-hybridized carbons (Fsp3) is 0.174. The van der Waals surface area contributed by atoms with E-state index in [-0.39, 0.29) is 17.5 Å². The highest BCUT2D eigenvalue weighted by Crippen LogP contribution is 2.28. The minimum atomic E-state index is -0.257. The van der Waals surface area contributed by atoms with Crippen LogP contribution in [0.5, 0.6) is 0 Å². The molecule has 2 heterocycles.